The van der Waals surface area contributed by atoms with Crippen LogP contribution in [-0.2, 0) is 16.4 Å². The first-order valence-corrected chi connectivity index (χ1v) is 11.5. The van der Waals surface area contributed by atoms with Gasteiger partial charge in [-0.25, -0.2) is 13.1 Å². The lowest BCUT2D eigenvalue weighted by Gasteiger charge is -2.21. The number of anilines is 2. The third-order valence-electron chi connectivity index (χ3n) is 5.72. The van der Waals surface area contributed by atoms with Gasteiger partial charge in [-0.2, -0.15) is 10.2 Å². The molecule has 0 radical (unpaired) electrons. The lowest BCUT2D eigenvalue weighted by molar-refractivity contribution is 0.0679. The van der Waals surface area contributed by atoms with Crippen molar-refractivity contribution in [1.29, 1.82) is 0 Å². The predicted octanol–water partition coefficient (Wildman–Crippen LogP) is 2.88. The fraction of sp³-hybridized carbons (Fsp3) is 0.333. The highest BCUT2D eigenvalue weighted by Crippen LogP contribution is 2.43. The highest BCUT2D eigenvalue weighted by atomic mass is 32.2. The summed E-state index contributed by atoms with van der Waals surface area (Å²) in [5, 5.41) is 9.35. The lowest BCUT2D eigenvalue weighted by Crippen LogP contribution is -2.25. The van der Waals surface area contributed by atoms with Crippen LogP contribution in [0.1, 0.15) is 25.3 Å². The molecule has 0 spiro atoms. The Hall–Kier alpha value is -2.91. The molecule has 8 nitrogen and oxygen atoms in total. The molecule has 1 unspecified atom stereocenters. The van der Waals surface area contributed by atoms with Gasteiger partial charge in [0.25, 0.3) is 0 Å². The van der Waals surface area contributed by atoms with E-state index in [1.165, 1.54) is 0 Å². The van der Waals surface area contributed by atoms with E-state index in [1.807, 2.05) is 25.1 Å². The van der Waals surface area contributed by atoms with Crippen LogP contribution in [0.25, 0.3) is 10.9 Å². The van der Waals surface area contributed by atoms with Crippen LogP contribution in [0.15, 0.2) is 41.4 Å². The van der Waals surface area contributed by atoms with Gasteiger partial charge in [-0.3, -0.25) is 0 Å². The standard InChI is InChI=1S/C21H20N4O4S/c1-12-28-20-9-16-17(10-21(20)29-12)23-22-11-19(16)25-7-6-13-8-15(4-5-18(13)25)30(26,27)24-14-2-3-14/h4-5,8-12,14,24H,2-3,6-7H2,1H3. The van der Waals surface area contributed by atoms with Crippen molar-refractivity contribution >= 4 is 32.3 Å². The van der Waals surface area contributed by atoms with Gasteiger partial charge in [0.1, 0.15) is 0 Å². The van der Waals surface area contributed by atoms with Crippen LogP contribution >= 0.6 is 0 Å². The Morgan fingerprint density at radius 1 is 1.10 bits per heavy atom. The molecule has 1 atom stereocenters. The normalized spacial score (nSPS) is 20.0. The summed E-state index contributed by atoms with van der Waals surface area (Å²) < 4.78 is 39.3. The summed E-state index contributed by atoms with van der Waals surface area (Å²) in [5.41, 5.74) is 3.63. The maximum atomic E-state index is 12.6. The summed E-state index contributed by atoms with van der Waals surface area (Å²) in [5.74, 6) is 1.36. The second-order valence-corrected chi connectivity index (χ2v) is 9.65. The van der Waals surface area contributed by atoms with E-state index in [9.17, 15) is 8.42 Å². The van der Waals surface area contributed by atoms with Crippen molar-refractivity contribution in [2.75, 3.05) is 11.4 Å². The van der Waals surface area contributed by atoms with Crippen molar-refractivity contribution in [3.05, 3.63) is 42.1 Å². The number of fused-ring (bicyclic) bond motifs is 3. The number of ether oxygens (including phenoxy) is 2. The van der Waals surface area contributed by atoms with E-state index in [1.54, 1.807) is 18.3 Å². The predicted molar refractivity (Wildman–Crippen MR) is 111 cm³/mol. The lowest BCUT2D eigenvalue weighted by atomic mass is 10.1. The molecule has 6 rings (SSSR count). The quantitative estimate of drug-likeness (QED) is 0.688. The first-order chi connectivity index (χ1) is 14.5. The van der Waals surface area contributed by atoms with E-state index in [4.69, 9.17) is 9.47 Å². The molecule has 1 N–H and O–H groups in total. The van der Waals surface area contributed by atoms with Gasteiger partial charge in [-0.1, -0.05) is 0 Å². The molecule has 1 aromatic heterocycles. The summed E-state index contributed by atoms with van der Waals surface area (Å²) in [6.07, 6.45) is 4.00. The molecule has 0 saturated heterocycles. The smallest absolute Gasteiger partial charge is 0.240 e. The van der Waals surface area contributed by atoms with Gasteiger partial charge in [0.05, 0.1) is 22.3 Å². The second-order valence-electron chi connectivity index (χ2n) is 7.94. The Labute approximate surface area is 173 Å². The molecule has 154 valence electrons. The number of sulfonamides is 1. The molecule has 3 aromatic rings. The van der Waals surface area contributed by atoms with Crippen molar-refractivity contribution in [2.24, 2.45) is 0 Å². The van der Waals surface area contributed by atoms with Crippen molar-refractivity contribution in [3.63, 3.8) is 0 Å². The maximum Gasteiger partial charge on any atom is 0.240 e. The van der Waals surface area contributed by atoms with E-state index in [2.05, 4.69) is 19.8 Å². The Morgan fingerprint density at radius 3 is 2.70 bits per heavy atom. The first-order valence-electron chi connectivity index (χ1n) is 10.0. The monoisotopic (exact) mass is 424 g/mol. The minimum absolute atomic E-state index is 0.0876. The molecular formula is C21H20N4O4S. The van der Waals surface area contributed by atoms with Crippen LogP contribution in [0.3, 0.4) is 0 Å². The van der Waals surface area contributed by atoms with E-state index in [0.717, 1.165) is 53.6 Å². The van der Waals surface area contributed by atoms with Crippen LogP contribution in [0.4, 0.5) is 11.4 Å². The molecule has 1 fully saturated rings. The van der Waals surface area contributed by atoms with Crippen LogP contribution in [-0.4, -0.2) is 37.5 Å². The SMILES string of the molecule is CC1Oc2cc3nncc(N4CCc5cc(S(=O)(=O)NC6CC6)ccc54)c3cc2O1. The molecule has 1 saturated carbocycles. The van der Waals surface area contributed by atoms with E-state index in [-0.39, 0.29) is 12.3 Å². The van der Waals surface area contributed by atoms with E-state index >= 15 is 0 Å². The second kappa shape index (κ2) is 6.29. The summed E-state index contributed by atoms with van der Waals surface area (Å²) in [6.45, 7) is 2.58. The van der Waals surface area contributed by atoms with Crippen molar-refractivity contribution < 1.29 is 17.9 Å². The van der Waals surface area contributed by atoms with Crippen molar-refractivity contribution in [1.82, 2.24) is 14.9 Å². The molecule has 9 heteroatoms. The fourth-order valence-electron chi connectivity index (χ4n) is 4.12. The van der Waals surface area contributed by atoms with Gasteiger partial charge < -0.3 is 14.4 Å². The molecule has 2 aromatic carbocycles. The Kier molecular flexibility index (Phi) is 3.76. The molecule has 1 aliphatic carbocycles. The van der Waals surface area contributed by atoms with Gasteiger partial charge in [-0.15, -0.1) is 0 Å². The number of aromatic nitrogens is 2. The van der Waals surface area contributed by atoms with E-state index in [0.29, 0.717) is 16.4 Å². The summed E-state index contributed by atoms with van der Waals surface area (Å²) in [4.78, 5) is 2.48. The molecular weight excluding hydrogens is 404 g/mol. The average Bonchev–Trinajstić information content (AvgIpc) is 3.29. The number of hydrogen-bond acceptors (Lipinski definition) is 7. The first kappa shape index (κ1) is 17.9. The molecule has 3 heterocycles. The number of nitrogens with one attached hydrogen (secondary N) is 1. The summed E-state index contributed by atoms with van der Waals surface area (Å²) >= 11 is 0. The minimum Gasteiger partial charge on any atom is -0.451 e. The van der Waals surface area contributed by atoms with Gasteiger partial charge in [0.2, 0.25) is 16.3 Å². The third kappa shape index (κ3) is 2.88. The molecule has 0 bridgehead atoms. The van der Waals surface area contributed by atoms with Gasteiger partial charge in [0.15, 0.2) is 11.5 Å². The number of benzene rings is 2. The summed E-state index contributed by atoms with van der Waals surface area (Å²) in [7, 11) is -3.47. The molecule has 30 heavy (non-hydrogen) atoms. The van der Waals surface area contributed by atoms with Crippen LogP contribution in [0, 0.1) is 0 Å². The highest BCUT2D eigenvalue weighted by Gasteiger charge is 2.30. The van der Waals surface area contributed by atoms with Gasteiger partial charge in [-0.05, 0) is 49.1 Å². The number of hydrogen-bond donors (Lipinski definition) is 1. The van der Waals surface area contributed by atoms with Crippen molar-refractivity contribution in [3.8, 4) is 11.5 Å². The third-order valence-corrected chi connectivity index (χ3v) is 7.23. The number of rotatable bonds is 4. The van der Waals surface area contributed by atoms with Gasteiger partial charge in [0, 0.05) is 36.7 Å². The Balaban J connectivity index is 1.40. The molecule has 2 aliphatic heterocycles. The zero-order chi connectivity index (χ0) is 20.5. The summed E-state index contributed by atoms with van der Waals surface area (Å²) in [6, 6.07) is 9.22. The van der Waals surface area contributed by atoms with Gasteiger partial charge >= 0.3 is 0 Å². The minimum atomic E-state index is -3.47. The topological polar surface area (TPSA) is 93.7 Å². The van der Waals surface area contributed by atoms with Crippen LogP contribution in [0.5, 0.6) is 11.5 Å². The maximum absolute atomic E-state index is 12.6. The highest BCUT2D eigenvalue weighted by molar-refractivity contribution is 7.89. The Bertz CT molecular complexity index is 1290. The Morgan fingerprint density at radius 2 is 1.90 bits per heavy atom. The largest absolute Gasteiger partial charge is 0.451 e. The number of nitrogens with zero attached hydrogens (tertiary/aromatic N) is 3. The average molecular weight is 424 g/mol. The zero-order valence-corrected chi connectivity index (χ0v) is 17.1. The van der Waals surface area contributed by atoms with Crippen LogP contribution < -0.4 is 19.1 Å². The van der Waals surface area contributed by atoms with Crippen molar-refractivity contribution in [2.45, 2.75) is 43.4 Å². The fourth-order valence-corrected chi connectivity index (χ4v) is 5.47. The van der Waals surface area contributed by atoms with Crippen LogP contribution in [0.2, 0.25) is 0 Å². The molecule has 0 amide bonds. The zero-order valence-electron chi connectivity index (χ0n) is 16.3. The molecule has 3 aliphatic rings. The van der Waals surface area contributed by atoms with E-state index < -0.39 is 10.0 Å².